The lowest BCUT2D eigenvalue weighted by molar-refractivity contribution is -0.196. The minimum absolute atomic E-state index is 0.00231. The second kappa shape index (κ2) is 43.0. The zero-order valence-corrected chi connectivity index (χ0v) is 81.9. The van der Waals surface area contributed by atoms with Gasteiger partial charge in [-0.05, 0) is 91.1 Å². The zero-order valence-electron chi connectivity index (χ0n) is 79.6. The summed E-state index contributed by atoms with van der Waals surface area (Å²) >= 11 is 18.3. The number of nitrogens with zero attached hydrogens (tertiary/aromatic N) is 13. The number of nitrogens with one attached hydrogen (secondary N) is 7. The van der Waals surface area contributed by atoms with Gasteiger partial charge in [0.05, 0.1) is 72.7 Å². The third kappa shape index (κ3) is 22.7. The molecule has 8 aliphatic heterocycles. The number of hydrogen-bond acceptors (Lipinski definition) is 34. The number of alkyl halides is 1. The molecule has 10 aromatic heterocycles. The molecular weight excluding hydrogens is 1860 g/mol. The van der Waals surface area contributed by atoms with Crippen LogP contribution in [0.5, 0.6) is 11.8 Å². The number of carbonyl (C=O) groups is 5. The molecule has 0 spiro atoms. The third-order valence-corrected chi connectivity index (χ3v) is 24.3. The maximum atomic E-state index is 12.2. The molecule has 18 heterocycles. The van der Waals surface area contributed by atoms with Gasteiger partial charge in [0, 0.05) is 60.6 Å². The number of aliphatic hydroxyl groups excluding tert-OH is 6. The number of fused-ring (bicyclic) bond motifs is 8. The largest absolute Gasteiger partial charge is 0.480 e. The Kier molecular flexibility index (Phi) is 32.8. The van der Waals surface area contributed by atoms with Crippen molar-refractivity contribution >= 4 is 149 Å². The number of anilines is 5. The van der Waals surface area contributed by atoms with E-state index in [4.69, 9.17) is 96.4 Å². The van der Waals surface area contributed by atoms with Gasteiger partial charge in [-0.2, -0.15) is 44.9 Å². The Morgan fingerprint density at radius 1 is 0.409 bits per heavy atom. The van der Waals surface area contributed by atoms with Crippen LogP contribution in [0.4, 0.5) is 29.7 Å². The Bertz CT molecular complexity index is 6020. The van der Waals surface area contributed by atoms with E-state index in [0.29, 0.717) is 44.4 Å². The van der Waals surface area contributed by atoms with Gasteiger partial charge in [0.2, 0.25) is 71.0 Å². The topological polar surface area (TPSA) is 571 Å². The molecule has 8 fully saturated rings. The van der Waals surface area contributed by atoms with Crippen LogP contribution in [0.1, 0.15) is 176 Å². The van der Waals surface area contributed by atoms with E-state index in [1.165, 1.54) is 28.5 Å². The summed E-state index contributed by atoms with van der Waals surface area (Å²) in [6.07, 6.45) is 0.367. The van der Waals surface area contributed by atoms with Gasteiger partial charge in [0.25, 0.3) is 5.56 Å². The van der Waals surface area contributed by atoms with E-state index in [9.17, 15) is 59.4 Å². The first-order valence-corrected chi connectivity index (χ1v) is 46.4. The van der Waals surface area contributed by atoms with Crippen LogP contribution in [0.3, 0.4) is 0 Å². The zero-order chi connectivity index (χ0) is 99.8. The van der Waals surface area contributed by atoms with Crippen LogP contribution < -0.4 is 41.6 Å². The number of carbonyl (C=O) groups excluding carboxylic acids is 5. The molecule has 0 aromatic carbocycles. The normalized spacial score (nSPS) is 27.4. The number of rotatable bonds is 21. The Morgan fingerprint density at radius 2 is 0.730 bits per heavy atom. The number of amides is 5. The highest BCUT2D eigenvalue weighted by molar-refractivity contribution is 6.34. The van der Waals surface area contributed by atoms with Gasteiger partial charge in [0.1, 0.15) is 94.8 Å². The molecule has 8 aliphatic rings. The lowest BCUT2D eigenvalue weighted by atomic mass is 10.1. The number of ether oxygens (including phenoxy) is 13. The average Bonchev–Trinajstić information content (AvgIpc) is 1.58. The monoisotopic (exact) mass is 1970 g/mol. The summed E-state index contributed by atoms with van der Waals surface area (Å²) in [6.45, 7) is 34.4. The van der Waals surface area contributed by atoms with Crippen molar-refractivity contribution in [1.82, 2.24) is 73.1 Å². The molecule has 20 atom stereocenters. The average molecular weight is 1980 g/mol. The van der Waals surface area contributed by atoms with Crippen molar-refractivity contribution < 1.29 is 116 Å². The Morgan fingerprint density at radius 3 is 1.12 bits per heavy atom. The van der Waals surface area contributed by atoms with Gasteiger partial charge < -0.3 is 115 Å². The molecule has 48 heteroatoms. The number of halogens is 3. The summed E-state index contributed by atoms with van der Waals surface area (Å²) in [7, 11) is 2.98. The summed E-state index contributed by atoms with van der Waals surface area (Å²) < 4.78 is 82.2. The number of aliphatic hydroxyl groups is 6. The fourth-order valence-corrected chi connectivity index (χ4v) is 17.0. The highest BCUT2D eigenvalue weighted by Gasteiger charge is 2.58. The van der Waals surface area contributed by atoms with Gasteiger partial charge in [-0.3, -0.25) is 60.3 Å². The predicted octanol–water partition coefficient (Wildman–Crippen LogP) is 9.03. The minimum atomic E-state index is -1.30. The van der Waals surface area contributed by atoms with E-state index in [0.717, 1.165) is 30.0 Å². The molecule has 0 saturated carbocycles. The summed E-state index contributed by atoms with van der Waals surface area (Å²) in [6, 6.07) is 8.66. The molecule has 13 N–H and O–H groups in total. The maximum absolute atomic E-state index is 12.2. The van der Waals surface area contributed by atoms with Crippen molar-refractivity contribution in [3.8, 4) is 11.8 Å². The standard InChI is InChI=1S/C20H28N4O5.C19H25ClN4O4.C16H22N4O6.C15H20N4O6.C10H11ClN4O.C9H15ClO3/c1-7-12-13-14(29-20(4,5)28-13)18(27-12)24-9-8-11-15(24)21-19(23-17(11)26-6)22-16(25)10(2)3;1-6-11-12-13(28-19(4,5)27-12)17(26-11)24-8-7-10-14(20)21-18(22-15(10)24)23-16(25)9(2)3;1-7(2)13(24)18-16-17-12-8(14(19-16)25-3)4-5-20(12)15-11(23)10(22)9(6-21)26-15;1-6(2)12(23)17-15-16-11-7(13(24)18-15)3-4-19(11)14-10(22)9(21)8(5-20)25-14;1-5(2)9(16)15-10-13-7(11)6-3-4-12-8(6)14-10;1-4-5-6-7(8(10)11-5)13-9(2,3)12-6/h8-10,12-14,18H,7H2,1-6H3,(H,21,22,23,25);7-9,11-13,17H,6H2,1-5H3,(H,21,22,23,25);4-5,7,9-11,15,21-23H,6H2,1-3H3,(H,17,18,19,24);3-4,6,8-10,14,20-22H,5H2,1-2H3,(H2,16,17,18,23,24);3-5H,1-2H3,(H2,12,13,14,15,16);5-8H,4H2,1-3H3/t12-,13-,14-,18-;11-,12-,13-,17-;9-,10-,11-,15-;8-,9-,10-,14-;;5-,6-,7-,8+/m1111.1/s1. The van der Waals surface area contributed by atoms with Crippen molar-refractivity contribution in [1.29, 1.82) is 0 Å². The molecule has 5 amide bonds. The highest BCUT2D eigenvalue weighted by Crippen LogP contribution is 2.49. The predicted molar refractivity (Wildman–Crippen MR) is 498 cm³/mol. The van der Waals surface area contributed by atoms with Crippen LogP contribution >= 0.6 is 34.8 Å². The quantitative estimate of drug-likeness (QED) is 0.0235. The van der Waals surface area contributed by atoms with E-state index in [2.05, 4.69) is 102 Å². The van der Waals surface area contributed by atoms with E-state index in [-0.39, 0.29) is 171 Å². The number of H-pyrrole nitrogens is 2. The molecule has 18 rings (SSSR count). The summed E-state index contributed by atoms with van der Waals surface area (Å²) in [4.78, 5) is 115. The highest BCUT2D eigenvalue weighted by atomic mass is 35.5. The number of aromatic amines is 2. The summed E-state index contributed by atoms with van der Waals surface area (Å²) in [5.41, 5.74) is 1.49. The van der Waals surface area contributed by atoms with Crippen LogP contribution in [0, 0.1) is 29.6 Å². The first kappa shape index (κ1) is 104. The van der Waals surface area contributed by atoms with E-state index < -0.39 is 97.7 Å². The number of methoxy groups -OCH3 is 2. The van der Waals surface area contributed by atoms with Crippen molar-refractivity contribution in [2.45, 2.75) is 290 Å². The molecule has 0 bridgehead atoms. The van der Waals surface area contributed by atoms with E-state index in [1.54, 1.807) is 87.0 Å². The van der Waals surface area contributed by atoms with Crippen molar-refractivity contribution in [2.75, 3.05) is 54.0 Å². The molecule has 0 radical (unpaired) electrons. The number of aromatic nitrogens is 15. The Balaban J connectivity index is 0.000000141. The molecule has 10 aromatic rings. The van der Waals surface area contributed by atoms with Gasteiger partial charge in [-0.25, -0.2) is 0 Å². The van der Waals surface area contributed by atoms with Crippen LogP contribution in [-0.4, -0.2) is 275 Å². The van der Waals surface area contributed by atoms with Crippen molar-refractivity contribution in [3.05, 3.63) is 82.0 Å². The molecule has 8 saturated heterocycles. The molecular formula is C89H121Cl3N20O25. The fraction of sp³-hybridized carbons (Fsp3) is 0.607. The molecule has 45 nitrogen and oxygen atoms in total. The molecule has 137 heavy (non-hydrogen) atoms. The summed E-state index contributed by atoms with van der Waals surface area (Å²) in [5, 5.41) is 75.4. The lowest BCUT2D eigenvalue weighted by Crippen LogP contribution is -2.33. The van der Waals surface area contributed by atoms with Gasteiger partial charge >= 0.3 is 0 Å². The minimum Gasteiger partial charge on any atom is -0.480 e. The van der Waals surface area contributed by atoms with Crippen LogP contribution in [0.25, 0.3) is 55.2 Å². The van der Waals surface area contributed by atoms with Crippen LogP contribution in [0.2, 0.25) is 10.3 Å². The van der Waals surface area contributed by atoms with E-state index in [1.807, 2.05) is 89.1 Å². The molecule has 0 unspecified atom stereocenters. The Labute approximate surface area is 802 Å². The lowest BCUT2D eigenvalue weighted by Gasteiger charge is -2.24. The second-order valence-electron chi connectivity index (χ2n) is 36.5. The van der Waals surface area contributed by atoms with Crippen LogP contribution in [0.15, 0.2) is 66.1 Å². The number of hydrogen-bond donors (Lipinski definition) is 13. The van der Waals surface area contributed by atoms with Crippen molar-refractivity contribution in [2.24, 2.45) is 29.6 Å². The smallest absolute Gasteiger partial charge is 0.261 e. The van der Waals surface area contributed by atoms with Gasteiger partial charge in [-0.1, -0.05) is 125 Å². The molecule has 748 valence electrons. The van der Waals surface area contributed by atoms with Crippen LogP contribution in [-0.2, 0) is 76.1 Å². The molecule has 0 aliphatic carbocycles. The maximum Gasteiger partial charge on any atom is 0.261 e. The Hall–Kier alpha value is -9.96. The fourth-order valence-electron chi connectivity index (χ4n) is 16.2. The first-order valence-electron chi connectivity index (χ1n) is 45.2. The second-order valence-corrected chi connectivity index (χ2v) is 37.7. The van der Waals surface area contributed by atoms with E-state index >= 15 is 0 Å². The third-order valence-electron chi connectivity index (χ3n) is 23.4. The van der Waals surface area contributed by atoms with Gasteiger partial charge in [-0.15, -0.1) is 0 Å². The van der Waals surface area contributed by atoms with Crippen molar-refractivity contribution in [3.63, 3.8) is 0 Å². The SMILES string of the molecule is CC(C)C(=O)Nc1nc(Cl)c2cc[nH]c2n1.CC(C)C(=O)Nc1nc2c(ccn2[C@@H]2O[C@H](CO)[C@@H](O)[C@H]2O)c(=O)[nH]1.CC[C@H]1O[C@@H](n2ccc3c(Cl)nc(NC(=O)C(C)C)nc32)[C@@H]2OC(C)(C)O[C@@H]21.CC[C@H]1O[C@@H](n2ccc3c(OC)nc(NC(=O)C(C)C)nc32)[C@@H]2OC(C)(C)O[C@@H]21.CC[C@H]1O[C@H](Cl)[C@@H]2OC(C)(C)O[C@@H]21.COc1nc(NC(=O)C(C)C)nc2c1ccn2[C@@H]1O[C@H](CO)[C@@H](O)[C@H]1O. The summed E-state index contributed by atoms with van der Waals surface area (Å²) in [5.74, 6) is -2.71. The van der Waals surface area contributed by atoms with Gasteiger partial charge in [0.15, 0.2) is 64.8 Å². The first-order chi connectivity index (χ1) is 64.7.